The van der Waals surface area contributed by atoms with E-state index in [-0.39, 0.29) is 13.6 Å². The second-order valence-corrected chi connectivity index (χ2v) is 9.22. The number of hydrogen-bond donors (Lipinski definition) is 1. The van der Waals surface area contributed by atoms with E-state index in [2.05, 4.69) is 4.90 Å². The van der Waals surface area contributed by atoms with Crippen molar-refractivity contribution < 1.29 is 33.6 Å². The highest BCUT2D eigenvalue weighted by Crippen LogP contribution is 2.38. The molecule has 5 rings (SSSR count). The van der Waals surface area contributed by atoms with Crippen molar-refractivity contribution in [2.75, 3.05) is 18.5 Å². The van der Waals surface area contributed by atoms with Gasteiger partial charge in [-0.05, 0) is 60.5 Å². The summed E-state index contributed by atoms with van der Waals surface area (Å²) in [6.45, 7) is 3.19. The lowest BCUT2D eigenvalue weighted by atomic mass is 10.1. The summed E-state index contributed by atoms with van der Waals surface area (Å²) in [7, 11) is 0. The third kappa shape index (κ3) is 5.26. The summed E-state index contributed by atoms with van der Waals surface area (Å²) < 4.78 is 27.4. The highest BCUT2D eigenvalue weighted by atomic mass is 35.5. The van der Waals surface area contributed by atoms with Gasteiger partial charge in [0.15, 0.2) is 24.4 Å². The first-order valence-corrected chi connectivity index (χ1v) is 12.0. The Morgan fingerprint density at radius 2 is 1.56 bits per heavy atom. The lowest BCUT2D eigenvalue weighted by molar-refractivity contribution is -0.144. The molecule has 1 unspecified atom stereocenters. The number of ether oxygens (including phenoxy) is 5. The fraction of sp³-hybridized carbons (Fsp3) is 0.269. The maximum Gasteiger partial charge on any atom is 0.344 e. The molecule has 0 amide bonds. The van der Waals surface area contributed by atoms with Crippen LogP contribution < -0.4 is 23.8 Å². The highest BCUT2D eigenvalue weighted by Gasteiger charge is 2.21. The number of carboxylic acid groups (broad SMARTS) is 1. The summed E-state index contributed by atoms with van der Waals surface area (Å²) in [6.07, 6.45) is -0.960. The quantitative estimate of drug-likeness (QED) is 0.399. The van der Waals surface area contributed by atoms with Crippen LogP contribution in [0, 0.1) is 0 Å². The minimum absolute atomic E-state index is 0.157. The number of carbonyl (C=O) groups is 1. The second-order valence-electron chi connectivity index (χ2n) is 8.41. The number of carboxylic acids is 1. The van der Waals surface area contributed by atoms with Crippen LogP contribution in [0.3, 0.4) is 0 Å². The Balaban J connectivity index is 1.46. The van der Waals surface area contributed by atoms with Gasteiger partial charge in [0.1, 0.15) is 11.5 Å². The van der Waals surface area contributed by atoms with Crippen LogP contribution >= 0.6 is 23.2 Å². The zero-order valence-corrected chi connectivity index (χ0v) is 20.8. The van der Waals surface area contributed by atoms with Crippen LogP contribution in [0.4, 0.5) is 5.69 Å². The third-order valence-corrected chi connectivity index (χ3v) is 6.62. The summed E-state index contributed by atoms with van der Waals surface area (Å²) in [5.41, 5.74) is 3.52. The molecule has 3 aromatic carbocycles. The molecule has 0 saturated heterocycles. The first kappa shape index (κ1) is 24.4. The van der Waals surface area contributed by atoms with Crippen molar-refractivity contribution in [2.24, 2.45) is 0 Å². The molecule has 10 heteroatoms. The molecule has 2 aliphatic rings. The Morgan fingerprint density at radius 3 is 2.25 bits per heavy atom. The maximum absolute atomic E-state index is 11.1. The average molecular weight is 532 g/mol. The molecular formula is C26H23Cl2NO7. The molecule has 0 saturated carbocycles. The molecular weight excluding hydrogens is 509 g/mol. The molecule has 2 aliphatic heterocycles. The summed E-state index contributed by atoms with van der Waals surface area (Å²) in [5.74, 6) is 1.39. The smallest absolute Gasteiger partial charge is 0.344 e. The van der Waals surface area contributed by atoms with Gasteiger partial charge in [0, 0.05) is 40.5 Å². The van der Waals surface area contributed by atoms with E-state index >= 15 is 0 Å². The lowest BCUT2D eigenvalue weighted by Crippen LogP contribution is -2.24. The molecule has 8 nitrogen and oxygen atoms in total. The summed E-state index contributed by atoms with van der Waals surface area (Å²) >= 11 is 13.2. The van der Waals surface area contributed by atoms with Crippen molar-refractivity contribution in [1.82, 2.24) is 0 Å². The molecule has 0 spiro atoms. The number of aliphatic carboxylic acids is 1. The van der Waals surface area contributed by atoms with E-state index in [0.29, 0.717) is 47.0 Å². The normalized spacial score (nSPS) is 14.5. The van der Waals surface area contributed by atoms with Crippen molar-refractivity contribution in [3.63, 3.8) is 0 Å². The van der Waals surface area contributed by atoms with Crippen molar-refractivity contribution in [3.8, 4) is 23.0 Å². The second kappa shape index (κ2) is 10.3. The SMILES string of the molecule is CC(Oc1ccc(N(Cc2cc3c(cc2Cl)OCOC3)Cc2cc3c(cc2Cl)OCO3)cc1)C(=O)O. The Morgan fingerprint density at radius 1 is 0.944 bits per heavy atom. The fourth-order valence-electron chi connectivity index (χ4n) is 4.00. The first-order valence-electron chi connectivity index (χ1n) is 11.2. The number of nitrogens with zero attached hydrogens (tertiary/aromatic N) is 1. The van der Waals surface area contributed by atoms with Crippen LogP contribution in [0.2, 0.25) is 10.0 Å². The molecule has 0 aliphatic carbocycles. The van der Waals surface area contributed by atoms with Gasteiger partial charge in [-0.3, -0.25) is 0 Å². The van der Waals surface area contributed by atoms with Crippen molar-refractivity contribution >= 4 is 34.9 Å². The van der Waals surface area contributed by atoms with Gasteiger partial charge in [-0.1, -0.05) is 23.2 Å². The molecule has 0 radical (unpaired) electrons. The zero-order chi connectivity index (χ0) is 25.2. The standard InChI is InChI=1S/C26H23Cl2NO7/c1-15(26(30)31)36-20-4-2-19(3-5-20)29(11-17-7-24-25(9-22(17)28)35-14-34-24)10-16-6-18-12-32-13-33-23(18)8-21(16)27/h2-9,15H,10-14H2,1H3,(H,30,31). The van der Waals surface area contributed by atoms with Crippen molar-refractivity contribution in [3.05, 3.63) is 75.3 Å². The van der Waals surface area contributed by atoms with E-state index in [1.54, 1.807) is 18.2 Å². The van der Waals surface area contributed by atoms with Crippen LogP contribution in [-0.2, 0) is 29.2 Å². The van der Waals surface area contributed by atoms with E-state index in [1.165, 1.54) is 6.92 Å². The number of hydrogen-bond acceptors (Lipinski definition) is 7. The van der Waals surface area contributed by atoms with Gasteiger partial charge >= 0.3 is 5.97 Å². The van der Waals surface area contributed by atoms with E-state index in [1.807, 2.05) is 30.3 Å². The van der Waals surface area contributed by atoms with Gasteiger partial charge in [-0.25, -0.2) is 4.79 Å². The minimum Gasteiger partial charge on any atom is -0.479 e. The summed E-state index contributed by atoms with van der Waals surface area (Å²) in [5, 5.41) is 10.3. The van der Waals surface area contributed by atoms with Crippen LogP contribution in [0.25, 0.3) is 0 Å². The van der Waals surface area contributed by atoms with Gasteiger partial charge in [-0.15, -0.1) is 0 Å². The van der Waals surface area contributed by atoms with Gasteiger partial charge in [0.2, 0.25) is 6.79 Å². The van der Waals surface area contributed by atoms with Crippen LogP contribution in [0.5, 0.6) is 23.0 Å². The number of rotatable bonds is 8. The van der Waals surface area contributed by atoms with Gasteiger partial charge in [-0.2, -0.15) is 0 Å². The van der Waals surface area contributed by atoms with Crippen molar-refractivity contribution in [2.45, 2.75) is 32.7 Å². The largest absolute Gasteiger partial charge is 0.479 e. The fourth-order valence-corrected chi connectivity index (χ4v) is 4.42. The summed E-state index contributed by atoms with van der Waals surface area (Å²) in [4.78, 5) is 13.2. The predicted molar refractivity (Wildman–Crippen MR) is 133 cm³/mol. The molecule has 2 heterocycles. The molecule has 36 heavy (non-hydrogen) atoms. The molecule has 3 aromatic rings. The highest BCUT2D eigenvalue weighted by molar-refractivity contribution is 6.32. The molecule has 0 aromatic heterocycles. The minimum atomic E-state index is -1.03. The third-order valence-electron chi connectivity index (χ3n) is 5.91. The molecule has 0 fully saturated rings. The topological polar surface area (TPSA) is 86.7 Å². The average Bonchev–Trinajstić information content (AvgIpc) is 3.31. The van der Waals surface area contributed by atoms with E-state index in [4.69, 9.17) is 52.0 Å². The molecule has 1 N–H and O–H groups in total. The number of benzene rings is 3. The number of anilines is 1. The van der Waals surface area contributed by atoms with Gasteiger partial charge in [0.05, 0.1) is 6.61 Å². The van der Waals surface area contributed by atoms with Gasteiger partial charge in [0.25, 0.3) is 0 Å². The van der Waals surface area contributed by atoms with E-state index in [0.717, 1.165) is 28.1 Å². The predicted octanol–water partition coefficient (Wildman–Crippen LogP) is 5.65. The lowest BCUT2D eigenvalue weighted by Gasteiger charge is -2.27. The molecule has 188 valence electrons. The monoisotopic (exact) mass is 531 g/mol. The maximum atomic E-state index is 11.1. The summed E-state index contributed by atoms with van der Waals surface area (Å²) in [6, 6.07) is 14.6. The Kier molecular flexibility index (Phi) is 7.00. The molecule has 0 bridgehead atoms. The number of fused-ring (bicyclic) bond motifs is 2. The van der Waals surface area contributed by atoms with Crippen LogP contribution in [0.1, 0.15) is 23.6 Å². The Bertz CT molecular complexity index is 1280. The van der Waals surface area contributed by atoms with E-state index < -0.39 is 12.1 Å². The number of halogens is 2. The van der Waals surface area contributed by atoms with Crippen LogP contribution in [0.15, 0.2) is 48.5 Å². The van der Waals surface area contributed by atoms with Gasteiger partial charge < -0.3 is 33.7 Å². The zero-order valence-electron chi connectivity index (χ0n) is 19.3. The Labute approximate surface area is 217 Å². The van der Waals surface area contributed by atoms with Crippen LogP contribution in [-0.4, -0.2) is 30.8 Å². The first-order chi connectivity index (χ1) is 17.4. The van der Waals surface area contributed by atoms with Crippen molar-refractivity contribution in [1.29, 1.82) is 0 Å². The van der Waals surface area contributed by atoms with E-state index in [9.17, 15) is 4.79 Å². The Hall–Kier alpha value is -3.33. The molecule has 1 atom stereocenters.